The molecular weight excluding hydrogens is 528 g/mol. The Morgan fingerprint density at radius 1 is 1.14 bits per heavy atom. The van der Waals surface area contributed by atoms with Gasteiger partial charge in [0.05, 0.1) is 32.1 Å². The SMILES string of the molecule is O=C(N[C@H]1CCC[C@@H](n2c(-c3ccccn3)nc3cc(-c4cnco4)ncc32)C1)c1ccc(Br)s1. The second-order valence-corrected chi connectivity index (χ2v) is 11.0. The number of rotatable bonds is 5. The molecule has 1 aliphatic carbocycles. The monoisotopic (exact) mass is 548 g/mol. The topological polar surface area (TPSA) is 98.7 Å². The molecule has 0 aromatic carbocycles. The zero-order valence-corrected chi connectivity index (χ0v) is 21.0. The molecular formula is C25H21BrN6O2S. The number of pyridine rings is 2. The van der Waals surface area contributed by atoms with Gasteiger partial charge >= 0.3 is 0 Å². The van der Waals surface area contributed by atoms with Gasteiger partial charge in [-0.3, -0.25) is 14.8 Å². The van der Waals surface area contributed by atoms with Gasteiger partial charge in [0.15, 0.2) is 18.0 Å². The first-order valence-electron chi connectivity index (χ1n) is 11.4. The van der Waals surface area contributed by atoms with Gasteiger partial charge in [-0.25, -0.2) is 9.97 Å². The number of fused-ring (bicyclic) bond motifs is 1. The van der Waals surface area contributed by atoms with E-state index in [1.807, 2.05) is 42.6 Å². The smallest absolute Gasteiger partial charge is 0.261 e. The molecule has 0 bridgehead atoms. The summed E-state index contributed by atoms with van der Waals surface area (Å²) in [6, 6.07) is 11.8. The molecule has 0 spiro atoms. The van der Waals surface area contributed by atoms with Crippen molar-refractivity contribution in [1.82, 2.24) is 29.8 Å². The number of imidazole rings is 1. The van der Waals surface area contributed by atoms with E-state index >= 15 is 0 Å². The lowest BCUT2D eigenvalue weighted by Gasteiger charge is -2.31. The first kappa shape index (κ1) is 22.1. The van der Waals surface area contributed by atoms with Crippen LogP contribution in [0.25, 0.3) is 34.0 Å². The number of carbonyl (C=O) groups is 1. The molecule has 5 aromatic heterocycles. The minimum absolute atomic E-state index is 0.0230. The highest BCUT2D eigenvalue weighted by molar-refractivity contribution is 9.11. The number of oxazole rings is 1. The fourth-order valence-corrected chi connectivity index (χ4v) is 6.03. The normalized spacial score (nSPS) is 18.1. The Balaban J connectivity index is 1.36. The third-order valence-electron chi connectivity index (χ3n) is 6.30. The van der Waals surface area contributed by atoms with Crippen LogP contribution in [0.5, 0.6) is 0 Å². The maximum Gasteiger partial charge on any atom is 0.261 e. The Bertz CT molecular complexity index is 1480. The lowest BCUT2D eigenvalue weighted by molar-refractivity contribution is 0.0925. The first-order valence-corrected chi connectivity index (χ1v) is 13.0. The van der Waals surface area contributed by atoms with Crippen molar-refractivity contribution in [3.05, 3.63) is 70.0 Å². The number of carbonyl (C=O) groups excluding carboxylic acids is 1. The summed E-state index contributed by atoms with van der Waals surface area (Å²) in [7, 11) is 0. The van der Waals surface area contributed by atoms with Crippen molar-refractivity contribution < 1.29 is 9.21 Å². The van der Waals surface area contributed by atoms with Crippen molar-refractivity contribution >= 4 is 44.2 Å². The van der Waals surface area contributed by atoms with E-state index in [9.17, 15) is 4.79 Å². The zero-order valence-electron chi connectivity index (χ0n) is 18.6. The van der Waals surface area contributed by atoms with Crippen molar-refractivity contribution in [3.63, 3.8) is 0 Å². The predicted octanol–water partition coefficient (Wildman–Crippen LogP) is 5.89. The third-order valence-corrected chi connectivity index (χ3v) is 7.92. The Hall–Kier alpha value is -3.37. The molecule has 5 heterocycles. The fourth-order valence-electron chi connectivity index (χ4n) is 4.74. The summed E-state index contributed by atoms with van der Waals surface area (Å²) in [5, 5.41) is 3.24. The van der Waals surface area contributed by atoms with E-state index in [4.69, 9.17) is 9.40 Å². The molecule has 1 saturated carbocycles. The minimum Gasteiger partial charge on any atom is -0.442 e. The minimum atomic E-state index is -0.0230. The molecule has 8 nitrogen and oxygen atoms in total. The average Bonchev–Trinajstić information content (AvgIpc) is 3.64. The van der Waals surface area contributed by atoms with Gasteiger partial charge in [0.1, 0.15) is 11.4 Å². The van der Waals surface area contributed by atoms with Gasteiger partial charge in [-0.15, -0.1) is 11.3 Å². The molecule has 1 N–H and O–H groups in total. The lowest BCUT2D eigenvalue weighted by Crippen LogP contribution is -2.38. The molecule has 2 atom stereocenters. The van der Waals surface area contributed by atoms with Gasteiger partial charge in [-0.2, -0.15) is 0 Å². The standard InChI is InChI=1S/C25H21BrN6O2S/c26-23-8-7-22(35-23)25(33)30-15-4-3-5-16(10-15)32-20-12-29-19(21-13-27-14-34-21)11-18(20)31-24(32)17-6-1-2-9-28-17/h1-2,6-9,11-16H,3-5,10H2,(H,30,33)/t15-,16+/m0/s1. The van der Waals surface area contributed by atoms with Gasteiger partial charge in [-0.05, 0) is 71.9 Å². The van der Waals surface area contributed by atoms with E-state index in [0.29, 0.717) is 16.3 Å². The van der Waals surface area contributed by atoms with Crippen LogP contribution in [0.2, 0.25) is 0 Å². The number of hydrogen-bond donors (Lipinski definition) is 1. The number of aromatic nitrogens is 5. The summed E-state index contributed by atoms with van der Waals surface area (Å²) in [6.45, 7) is 0. The molecule has 6 rings (SSSR count). The summed E-state index contributed by atoms with van der Waals surface area (Å²) in [5.74, 6) is 1.38. The molecule has 176 valence electrons. The van der Waals surface area contributed by atoms with Crippen molar-refractivity contribution in [2.45, 2.75) is 37.8 Å². The molecule has 1 amide bonds. The molecule has 10 heteroatoms. The van der Waals surface area contributed by atoms with Gasteiger partial charge in [0.25, 0.3) is 5.91 Å². The van der Waals surface area contributed by atoms with Gasteiger partial charge in [0.2, 0.25) is 0 Å². The molecule has 5 aromatic rings. The van der Waals surface area contributed by atoms with Crippen molar-refractivity contribution in [2.75, 3.05) is 0 Å². The fraction of sp³-hybridized carbons (Fsp3) is 0.240. The molecule has 0 aliphatic heterocycles. The van der Waals surface area contributed by atoms with Crippen LogP contribution >= 0.6 is 27.3 Å². The highest BCUT2D eigenvalue weighted by Gasteiger charge is 2.29. The molecule has 0 saturated heterocycles. The van der Waals surface area contributed by atoms with Crippen LogP contribution in [-0.2, 0) is 0 Å². The lowest BCUT2D eigenvalue weighted by atomic mass is 9.90. The Morgan fingerprint density at radius 3 is 2.86 bits per heavy atom. The first-order chi connectivity index (χ1) is 17.2. The van der Waals surface area contributed by atoms with E-state index in [2.05, 4.69) is 40.8 Å². The van der Waals surface area contributed by atoms with E-state index in [1.54, 1.807) is 12.4 Å². The number of nitrogens with zero attached hydrogens (tertiary/aromatic N) is 5. The summed E-state index contributed by atoms with van der Waals surface area (Å²) < 4.78 is 8.63. The highest BCUT2D eigenvalue weighted by Crippen LogP contribution is 2.36. The van der Waals surface area contributed by atoms with E-state index < -0.39 is 0 Å². The largest absolute Gasteiger partial charge is 0.442 e. The van der Waals surface area contributed by atoms with Gasteiger partial charge < -0.3 is 14.3 Å². The Labute approximate surface area is 213 Å². The molecule has 35 heavy (non-hydrogen) atoms. The maximum absolute atomic E-state index is 12.8. The number of amides is 1. The zero-order chi connectivity index (χ0) is 23.8. The van der Waals surface area contributed by atoms with E-state index in [0.717, 1.165) is 52.0 Å². The van der Waals surface area contributed by atoms with Crippen molar-refractivity contribution in [1.29, 1.82) is 0 Å². The number of hydrogen-bond acceptors (Lipinski definition) is 7. The van der Waals surface area contributed by atoms with Crippen molar-refractivity contribution in [2.24, 2.45) is 0 Å². The summed E-state index contributed by atoms with van der Waals surface area (Å²) in [5.41, 5.74) is 3.25. The van der Waals surface area contributed by atoms with Crippen LogP contribution in [0, 0.1) is 0 Å². The Morgan fingerprint density at radius 2 is 2.09 bits per heavy atom. The van der Waals surface area contributed by atoms with Crippen LogP contribution in [0.15, 0.2) is 69.6 Å². The van der Waals surface area contributed by atoms with E-state index in [-0.39, 0.29) is 18.0 Å². The summed E-state index contributed by atoms with van der Waals surface area (Å²) in [6.07, 6.45) is 10.4. The molecule has 0 unspecified atom stereocenters. The van der Waals surface area contributed by atoms with Crippen LogP contribution in [0.3, 0.4) is 0 Å². The summed E-state index contributed by atoms with van der Waals surface area (Å²) >= 11 is 4.88. The Kier molecular flexibility index (Phi) is 5.91. The van der Waals surface area contributed by atoms with E-state index in [1.165, 1.54) is 17.7 Å². The average molecular weight is 549 g/mol. The summed E-state index contributed by atoms with van der Waals surface area (Å²) in [4.78, 5) is 31.7. The molecule has 0 radical (unpaired) electrons. The number of nitrogens with one attached hydrogen (secondary N) is 1. The molecule has 1 aliphatic rings. The van der Waals surface area contributed by atoms with Crippen LogP contribution in [0.1, 0.15) is 41.4 Å². The van der Waals surface area contributed by atoms with Crippen LogP contribution in [-0.4, -0.2) is 36.5 Å². The highest BCUT2D eigenvalue weighted by atomic mass is 79.9. The number of thiophene rings is 1. The second kappa shape index (κ2) is 9.35. The second-order valence-electron chi connectivity index (χ2n) is 8.54. The van der Waals surface area contributed by atoms with Crippen LogP contribution < -0.4 is 5.32 Å². The quantitative estimate of drug-likeness (QED) is 0.294. The third kappa shape index (κ3) is 4.39. The van der Waals surface area contributed by atoms with Gasteiger partial charge in [-0.1, -0.05) is 6.07 Å². The maximum atomic E-state index is 12.8. The van der Waals surface area contributed by atoms with Gasteiger partial charge in [0, 0.05) is 18.3 Å². The van der Waals surface area contributed by atoms with Crippen LogP contribution in [0.4, 0.5) is 0 Å². The molecule has 1 fully saturated rings. The number of halogens is 1. The predicted molar refractivity (Wildman–Crippen MR) is 137 cm³/mol. The van der Waals surface area contributed by atoms with Crippen molar-refractivity contribution in [3.8, 4) is 23.0 Å².